The predicted molar refractivity (Wildman–Crippen MR) is 118 cm³/mol. The number of nitrogens with one attached hydrogen (secondary N) is 3. The number of carbonyl (C=O) groups excluding carboxylic acids is 1. The van der Waals surface area contributed by atoms with Crippen LogP contribution in [0.2, 0.25) is 0 Å². The summed E-state index contributed by atoms with van der Waals surface area (Å²) in [6.45, 7) is 1.82. The summed E-state index contributed by atoms with van der Waals surface area (Å²) in [5.74, 6) is 0.156. The standard InChI is InChI=1S/C22H20N6O2/c1-13-7-8-24-21(30)20(13)14-5-6-18-15(9-14)12-25-22(28-18)27-17-4-2-3-16(10-17)26-19(29)11-23/h2-10,12H,11,23H2,1H3,(H,24,30)(H,26,29)(H,25,27,28). The fourth-order valence-corrected chi connectivity index (χ4v) is 3.20. The molecule has 1 amide bonds. The van der Waals surface area contributed by atoms with Gasteiger partial charge in [-0.25, -0.2) is 9.97 Å². The molecule has 0 spiro atoms. The monoisotopic (exact) mass is 400 g/mol. The van der Waals surface area contributed by atoms with Crippen molar-refractivity contribution in [3.63, 3.8) is 0 Å². The Labute approximate surface area is 172 Å². The molecule has 2 aromatic carbocycles. The molecule has 0 saturated carbocycles. The third-order valence-corrected chi connectivity index (χ3v) is 4.63. The Morgan fingerprint density at radius 3 is 2.77 bits per heavy atom. The minimum absolute atomic E-state index is 0.0815. The largest absolute Gasteiger partial charge is 0.329 e. The molecule has 0 aliphatic carbocycles. The zero-order valence-electron chi connectivity index (χ0n) is 16.3. The summed E-state index contributed by atoms with van der Waals surface area (Å²) < 4.78 is 0. The van der Waals surface area contributed by atoms with Crippen molar-refractivity contribution in [2.24, 2.45) is 5.73 Å². The van der Waals surface area contributed by atoms with Gasteiger partial charge in [0.1, 0.15) is 0 Å². The highest BCUT2D eigenvalue weighted by atomic mass is 16.1. The molecule has 4 aromatic rings. The van der Waals surface area contributed by atoms with Crippen molar-refractivity contribution < 1.29 is 4.79 Å². The number of amides is 1. The third kappa shape index (κ3) is 4.03. The van der Waals surface area contributed by atoms with Gasteiger partial charge in [-0.3, -0.25) is 9.59 Å². The number of H-pyrrole nitrogens is 1. The van der Waals surface area contributed by atoms with Crippen LogP contribution < -0.4 is 21.9 Å². The van der Waals surface area contributed by atoms with Gasteiger partial charge in [-0.15, -0.1) is 0 Å². The van der Waals surface area contributed by atoms with E-state index in [0.29, 0.717) is 17.2 Å². The summed E-state index contributed by atoms with van der Waals surface area (Å²) >= 11 is 0. The number of hydrogen-bond donors (Lipinski definition) is 4. The Balaban J connectivity index is 1.61. The van der Waals surface area contributed by atoms with Crippen molar-refractivity contribution in [1.29, 1.82) is 0 Å². The molecule has 0 unspecified atom stereocenters. The van der Waals surface area contributed by atoms with Crippen LogP contribution in [0, 0.1) is 6.92 Å². The lowest BCUT2D eigenvalue weighted by molar-refractivity contribution is -0.114. The van der Waals surface area contributed by atoms with E-state index < -0.39 is 0 Å². The summed E-state index contributed by atoms with van der Waals surface area (Å²) in [7, 11) is 0. The molecule has 2 aromatic heterocycles. The highest BCUT2D eigenvalue weighted by Gasteiger charge is 2.09. The van der Waals surface area contributed by atoms with Crippen molar-refractivity contribution in [3.05, 3.63) is 76.8 Å². The van der Waals surface area contributed by atoms with Crippen molar-refractivity contribution >= 4 is 34.1 Å². The van der Waals surface area contributed by atoms with E-state index in [0.717, 1.165) is 27.7 Å². The summed E-state index contributed by atoms with van der Waals surface area (Å²) in [6.07, 6.45) is 3.35. The van der Waals surface area contributed by atoms with E-state index in [1.807, 2.05) is 43.3 Å². The molecule has 30 heavy (non-hydrogen) atoms. The van der Waals surface area contributed by atoms with Gasteiger partial charge in [0, 0.05) is 34.7 Å². The number of nitrogens with zero attached hydrogens (tertiary/aromatic N) is 2. The van der Waals surface area contributed by atoms with Gasteiger partial charge < -0.3 is 21.4 Å². The van der Waals surface area contributed by atoms with Crippen LogP contribution in [0.5, 0.6) is 0 Å². The van der Waals surface area contributed by atoms with Crippen LogP contribution in [0.15, 0.2) is 65.7 Å². The zero-order valence-corrected chi connectivity index (χ0v) is 16.3. The number of nitrogens with two attached hydrogens (primary N) is 1. The van der Waals surface area contributed by atoms with Gasteiger partial charge in [-0.2, -0.15) is 0 Å². The van der Waals surface area contributed by atoms with Crippen molar-refractivity contribution in [2.75, 3.05) is 17.2 Å². The van der Waals surface area contributed by atoms with E-state index in [1.165, 1.54) is 0 Å². The number of anilines is 3. The lowest BCUT2D eigenvalue weighted by atomic mass is 10.0. The number of rotatable bonds is 5. The fourth-order valence-electron chi connectivity index (χ4n) is 3.20. The van der Waals surface area contributed by atoms with E-state index in [4.69, 9.17) is 5.73 Å². The van der Waals surface area contributed by atoms with Crippen molar-refractivity contribution in [1.82, 2.24) is 15.0 Å². The van der Waals surface area contributed by atoms with Crippen LogP contribution in [0.4, 0.5) is 17.3 Å². The average molecular weight is 400 g/mol. The smallest absolute Gasteiger partial charge is 0.256 e. The lowest BCUT2D eigenvalue weighted by Gasteiger charge is -2.09. The van der Waals surface area contributed by atoms with Gasteiger partial charge in [0.05, 0.1) is 12.1 Å². The second-order valence-electron chi connectivity index (χ2n) is 6.79. The summed E-state index contributed by atoms with van der Waals surface area (Å²) in [6, 6.07) is 14.7. The first kappa shape index (κ1) is 19.3. The normalized spacial score (nSPS) is 10.7. The van der Waals surface area contributed by atoms with Gasteiger partial charge in [0.15, 0.2) is 0 Å². The molecule has 8 nitrogen and oxygen atoms in total. The molecule has 0 bridgehead atoms. The summed E-state index contributed by atoms with van der Waals surface area (Å²) in [5, 5.41) is 6.66. The molecular weight excluding hydrogens is 380 g/mol. The molecule has 0 aliphatic rings. The Morgan fingerprint density at radius 1 is 1.13 bits per heavy atom. The number of pyridine rings is 1. The molecule has 2 heterocycles. The number of hydrogen-bond acceptors (Lipinski definition) is 6. The first-order chi connectivity index (χ1) is 14.5. The molecule has 0 atom stereocenters. The number of aromatic nitrogens is 3. The second kappa shape index (κ2) is 8.14. The number of aromatic amines is 1. The number of fused-ring (bicyclic) bond motifs is 1. The predicted octanol–water partition coefficient (Wildman–Crippen LogP) is 2.93. The summed E-state index contributed by atoms with van der Waals surface area (Å²) in [5.41, 5.74) is 9.66. The topological polar surface area (TPSA) is 126 Å². The highest BCUT2D eigenvalue weighted by molar-refractivity contribution is 5.92. The molecule has 8 heteroatoms. The minimum atomic E-state index is -0.266. The Kier molecular flexibility index (Phi) is 5.23. The molecule has 0 aliphatic heterocycles. The third-order valence-electron chi connectivity index (χ3n) is 4.63. The van der Waals surface area contributed by atoms with E-state index in [-0.39, 0.29) is 18.0 Å². The Morgan fingerprint density at radius 2 is 1.97 bits per heavy atom. The Hall–Kier alpha value is -4.04. The van der Waals surface area contributed by atoms with Crippen LogP contribution in [0.1, 0.15) is 5.56 Å². The van der Waals surface area contributed by atoms with Gasteiger partial charge >= 0.3 is 0 Å². The number of aryl methyl sites for hydroxylation is 1. The van der Waals surface area contributed by atoms with Crippen LogP contribution in [-0.2, 0) is 4.79 Å². The van der Waals surface area contributed by atoms with E-state index in [1.54, 1.807) is 24.5 Å². The maximum absolute atomic E-state index is 12.2. The molecule has 150 valence electrons. The lowest BCUT2D eigenvalue weighted by Crippen LogP contribution is -2.21. The van der Waals surface area contributed by atoms with Gasteiger partial charge in [0.2, 0.25) is 11.9 Å². The number of carbonyl (C=O) groups is 1. The molecule has 0 radical (unpaired) electrons. The van der Waals surface area contributed by atoms with Crippen LogP contribution >= 0.6 is 0 Å². The number of benzene rings is 2. The SMILES string of the molecule is Cc1cc[nH]c(=O)c1-c1ccc2nc(Nc3cccc(NC(=O)CN)c3)ncc2c1. The Bertz CT molecular complexity index is 1300. The molecular formula is C22H20N6O2. The van der Waals surface area contributed by atoms with Crippen LogP contribution in [0.3, 0.4) is 0 Å². The van der Waals surface area contributed by atoms with Crippen molar-refractivity contribution in [3.8, 4) is 11.1 Å². The molecule has 0 fully saturated rings. The first-order valence-electron chi connectivity index (χ1n) is 9.36. The summed E-state index contributed by atoms with van der Waals surface area (Å²) in [4.78, 5) is 35.3. The molecule has 4 rings (SSSR count). The van der Waals surface area contributed by atoms with Gasteiger partial charge in [-0.05, 0) is 54.4 Å². The maximum atomic E-state index is 12.2. The fraction of sp³-hybridized carbons (Fsp3) is 0.0909. The van der Waals surface area contributed by atoms with Crippen LogP contribution in [-0.4, -0.2) is 27.4 Å². The van der Waals surface area contributed by atoms with Crippen molar-refractivity contribution in [2.45, 2.75) is 6.92 Å². The zero-order chi connectivity index (χ0) is 21.1. The van der Waals surface area contributed by atoms with Gasteiger partial charge in [-0.1, -0.05) is 12.1 Å². The molecule has 5 N–H and O–H groups in total. The average Bonchev–Trinajstić information content (AvgIpc) is 2.74. The van der Waals surface area contributed by atoms with E-state index in [9.17, 15) is 9.59 Å². The van der Waals surface area contributed by atoms with Crippen LogP contribution in [0.25, 0.3) is 22.0 Å². The van der Waals surface area contributed by atoms with Gasteiger partial charge in [0.25, 0.3) is 5.56 Å². The minimum Gasteiger partial charge on any atom is -0.329 e. The van der Waals surface area contributed by atoms with E-state index >= 15 is 0 Å². The molecule has 0 saturated heterocycles. The quantitative estimate of drug-likeness (QED) is 0.408. The maximum Gasteiger partial charge on any atom is 0.256 e. The van der Waals surface area contributed by atoms with E-state index in [2.05, 4.69) is 25.6 Å². The second-order valence-corrected chi connectivity index (χ2v) is 6.79. The highest BCUT2D eigenvalue weighted by Crippen LogP contribution is 2.25. The first-order valence-corrected chi connectivity index (χ1v) is 9.36.